The molecule has 0 aliphatic rings. The van der Waals surface area contributed by atoms with Gasteiger partial charge in [-0.3, -0.25) is 4.79 Å². The van der Waals surface area contributed by atoms with E-state index in [0.29, 0.717) is 11.1 Å². The Morgan fingerprint density at radius 3 is 2.30 bits per heavy atom. The summed E-state index contributed by atoms with van der Waals surface area (Å²) in [6.07, 6.45) is 1.08. The van der Waals surface area contributed by atoms with Gasteiger partial charge in [0.25, 0.3) is 0 Å². The molecule has 0 unspecified atom stereocenters. The van der Waals surface area contributed by atoms with Crippen LogP contribution in [-0.2, 0) is 9.84 Å². The summed E-state index contributed by atoms with van der Waals surface area (Å²) in [5.74, 6) is -0.718. The third-order valence-electron chi connectivity index (χ3n) is 2.94. The Morgan fingerprint density at radius 1 is 1.05 bits per heavy atom. The van der Waals surface area contributed by atoms with Gasteiger partial charge in [0.15, 0.2) is 15.6 Å². The summed E-state index contributed by atoms with van der Waals surface area (Å²) in [6.45, 7) is 1.57. The predicted octanol–water partition coefficient (Wildman–Crippen LogP) is 2.77. The zero-order valence-corrected chi connectivity index (χ0v) is 11.9. The molecule has 0 heterocycles. The number of sulfone groups is 1. The summed E-state index contributed by atoms with van der Waals surface area (Å²) >= 11 is 0. The van der Waals surface area contributed by atoms with Crippen LogP contribution in [0.15, 0.2) is 47.4 Å². The van der Waals surface area contributed by atoms with Crippen LogP contribution < -0.4 is 0 Å². The maximum Gasteiger partial charge on any atom is 0.193 e. The molecular weight excluding hydrogens is 279 g/mol. The van der Waals surface area contributed by atoms with Gasteiger partial charge in [0.05, 0.1) is 4.90 Å². The minimum Gasteiger partial charge on any atom is -0.289 e. The third kappa shape index (κ3) is 2.93. The second-order valence-electron chi connectivity index (χ2n) is 4.59. The molecule has 0 saturated heterocycles. The monoisotopic (exact) mass is 292 g/mol. The molecule has 2 rings (SSSR count). The molecule has 0 atom stereocenters. The van der Waals surface area contributed by atoms with Gasteiger partial charge in [-0.15, -0.1) is 0 Å². The highest BCUT2D eigenvalue weighted by Gasteiger charge is 2.14. The zero-order valence-electron chi connectivity index (χ0n) is 11.1. The van der Waals surface area contributed by atoms with E-state index in [-0.39, 0.29) is 22.1 Å². The third-order valence-corrected chi connectivity index (χ3v) is 4.05. The first-order valence-corrected chi connectivity index (χ1v) is 7.79. The molecule has 3 nitrogen and oxygen atoms in total. The quantitative estimate of drug-likeness (QED) is 0.817. The van der Waals surface area contributed by atoms with E-state index in [1.807, 2.05) is 0 Å². The first-order chi connectivity index (χ1) is 9.29. The lowest BCUT2D eigenvalue weighted by Gasteiger charge is -2.05. The van der Waals surface area contributed by atoms with Gasteiger partial charge in [-0.05, 0) is 42.8 Å². The van der Waals surface area contributed by atoms with Gasteiger partial charge in [0.2, 0.25) is 0 Å². The fourth-order valence-electron chi connectivity index (χ4n) is 1.82. The van der Waals surface area contributed by atoms with E-state index in [2.05, 4.69) is 0 Å². The number of hydrogen-bond acceptors (Lipinski definition) is 3. The highest BCUT2D eigenvalue weighted by atomic mass is 32.2. The molecule has 104 valence electrons. The van der Waals surface area contributed by atoms with E-state index in [1.54, 1.807) is 6.92 Å². The number of benzene rings is 2. The summed E-state index contributed by atoms with van der Waals surface area (Å²) in [6, 6.07) is 9.87. The first kappa shape index (κ1) is 14.4. The number of rotatable bonds is 3. The Balaban J connectivity index is 2.46. The molecule has 0 saturated carbocycles. The molecule has 2 aromatic carbocycles. The number of hydrogen-bond donors (Lipinski definition) is 0. The van der Waals surface area contributed by atoms with E-state index in [1.165, 1.54) is 42.5 Å². The molecule has 0 amide bonds. The first-order valence-electron chi connectivity index (χ1n) is 5.90. The van der Waals surface area contributed by atoms with Crippen molar-refractivity contribution in [3.63, 3.8) is 0 Å². The van der Waals surface area contributed by atoms with Crippen molar-refractivity contribution in [2.75, 3.05) is 6.26 Å². The summed E-state index contributed by atoms with van der Waals surface area (Å²) in [5.41, 5.74) is 0.962. The zero-order chi connectivity index (χ0) is 14.9. The van der Waals surface area contributed by atoms with Crippen LogP contribution >= 0.6 is 0 Å². The second-order valence-corrected chi connectivity index (χ2v) is 6.61. The van der Waals surface area contributed by atoms with Crippen molar-refractivity contribution < 1.29 is 17.6 Å². The molecule has 0 bridgehead atoms. The van der Waals surface area contributed by atoms with Crippen molar-refractivity contribution in [2.24, 2.45) is 0 Å². The Hall–Kier alpha value is -2.01. The molecule has 2 aromatic rings. The van der Waals surface area contributed by atoms with Gasteiger partial charge >= 0.3 is 0 Å². The molecule has 0 aliphatic heterocycles. The lowest BCUT2D eigenvalue weighted by atomic mass is 10.0. The Bertz CT molecular complexity index is 779. The highest BCUT2D eigenvalue weighted by molar-refractivity contribution is 7.90. The topological polar surface area (TPSA) is 51.2 Å². The van der Waals surface area contributed by atoms with Gasteiger partial charge in [-0.2, -0.15) is 0 Å². The predicted molar refractivity (Wildman–Crippen MR) is 74.1 cm³/mol. The summed E-state index contributed by atoms with van der Waals surface area (Å²) in [5, 5.41) is 0. The van der Waals surface area contributed by atoms with Gasteiger partial charge in [-0.25, -0.2) is 12.8 Å². The van der Waals surface area contributed by atoms with E-state index in [9.17, 15) is 17.6 Å². The van der Waals surface area contributed by atoms with Crippen molar-refractivity contribution in [2.45, 2.75) is 11.8 Å². The molecule has 5 heteroatoms. The van der Waals surface area contributed by atoms with Gasteiger partial charge < -0.3 is 0 Å². The van der Waals surface area contributed by atoms with E-state index in [0.717, 1.165) is 6.26 Å². The molecule has 20 heavy (non-hydrogen) atoms. The lowest BCUT2D eigenvalue weighted by molar-refractivity contribution is 0.103. The summed E-state index contributed by atoms with van der Waals surface area (Å²) < 4.78 is 36.2. The van der Waals surface area contributed by atoms with E-state index in [4.69, 9.17) is 0 Å². The van der Waals surface area contributed by atoms with Crippen molar-refractivity contribution in [1.29, 1.82) is 0 Å². The largest absolute Gasteiger partial charge is 0.289 e. The maximum absolute atomic E-state index is 13.2. The van der Waals surface area contributed by atoms with Gasteiger partial charge in [0, 0.05) is 17.4 Å². The van der Waals surface area contributed by atoms with Crippen molar-refractivity contribution in [3.05, 3.63) is 65.0 Å². The molecule has 0 spiro atoms. The average molecular weight is 292 g/mol. The van der Waals surface area contributed by atoms with Crippen LogP contribution in [0.5, 0.6) is 0 Å². The van der Waals surface area contributed by atoms with Crippen LogP contribution in [0, 0.1) is 12.7 Å². The Kier molecular flexibility index (Phi) is 3.72. The van der Waals surface area contributed by atoms with Crippen LogP contribution in [0.1, 0.15) is 21.5 Å². The normalized spacial score (nSPS) is 11.3. The smallest absolute Gasteiger partial charge is 0.193 e. The fourth-order valence-corrected chi connectivity index (χ4v) is 2.49. The average Bonchev–Trinajstić information content (AvgIpc) is 2.40. The fraction of sp³-hybridized carbons (Fsp3) is 0.133. The van der Waals surface area contributed by atoms with E-state index < -0.39 is 9.84 Å². The maximum atomic E-state index is 13.2. The molecule has 0 radical (unpaired) electrons. The molecule has 0 N–H and O–H groups in total. The van der Waals surface area contributed by atoms with Crippen LogP contribution in [-0.4, -0.2) is 20.5 Å². The van der Waals surface area contributed by atoms with Crippen LogP contribution in [0.2, 0.25) is 0 Å². The number of carbonyl (C=O) groups is 1. The minimum atomic E-state index is -3.37. The lowest BCUT2D eigenvalue weighted by Crippen LogP contribution is -2.05. The SMILES string of the molecule is Cc1cc(C(=O)c2cccc(S(C)(=O)=O)c2)ccc1F. The second kappa shape index (κ2) is 5.17. The van der Waals surface area contributed by atoms with Crippen LogP contribution in [0.25, 0.3) is 0 Å². The highest BCUT2D eigenvalue weighted by Crippen LogP contribution is 2.17. The molecule has 0 fully saturated rings. The minimum absolute atomic E-state index is 0.0854. The number of aryl methyl sites for hydroxylation is 1. The Morgan fingerprint density at radius 2 is 1.70 bits per heavy atom. The summed E-state index contributed by atoms with van der Waals surface area (Å²) in [7, 11) is -3.37. The molecule has 0 aliphatic carbocycles. The summed E-state index contributed by atoms with van der Waals surface area (Å²) in [4.78, 5) is 12.4. The number of ketones is 1. The number of carbonyl (C=O) groups excluding carboxylic acids is 1. The van der Waals surface area contributed by atoms with Crippen molar-refractivity contribution >= 4 is 15.6 Å². The van der Waals surface area contributed by atoms with Crippen molar-refractivity contribution in [1.82, 2.24) is 0 Å². The van der Waals surface area contributed by atoms with Crippen LogP contribution in [0.4, 0.5) is 4.39 Å². The van der Waals surface area contributed by atoms with Gasteiger partial charge in [0.1, 0.15) is 5.82 Å². The van der Waals surface area contributed by atoms with Crippen molar-refractivity contribution in [3.8, 4) is 0 Å². The molecule has 0 aromatic heterocycles. The molecular formula is C15H13FO3S. The van der Waals surface area contributed by atoms with E-state index >= 15 is 0 Å². The van der Waals surface area contributed by atoms with Crippen LogP contribution in [0.3, 0.4) is 0 Å². The van der Waals surface area contributed by atoms with Gasteiger partial charge in [-0.1, -0.05) is 12.1 Å². The number of halogens is 1. The standard InChI is InChI=1S/C15H13FO3S/c1-10-8-12(6-7-14(10)16)15(17)11-4-3-5-13(9-11)20(2,18)19/h3-9H,1-2H3. The Labute approximate surface area is 117 Å².